The molecular weight excluding hydrogens is 324 g/mol. The molecule has 0 saturated heterocycles. The van der Waals surface area contributed by atoms with Gasteiger partial charge in [-0.25, -0.2) is 15.0 Å². The molecular formula is C20H14N6. The summed E-state index contributed by atoms with van der Waals surface area (Å²) in [6.45, 7) is 0. The average Bonchev–Trinajstić information content (AvgIpc) is 2.73. The van der Waals surface area contributed by atoms with Gasteiger partial charge in [-0.05, 0) is 35.4 Å². The Bertz CT molecular complexity index is 1110. The van der Waals surface area contributed by atoms with Gasteiger partial charge in [-0.2, -0.15) is 5.26 Å². The highest BCUT2D eigenvalue weighted by Gasteiger charge is 2.11. The van der Waals surface area contributed by atoms with Crippen LogP contribution in [0.25, 0.3) is 33.5 Å². The van der Waals surface area contributed by atoms with E-state index in [4.69, 9.17) is 5.26 Å². The van der Waals surface area contributed by atoms with Crippen molar-refractivity contribution in [2.24, 2.45) is 0 Å². The number of nitrogens with zero attached hydrogens (tertiary/aromatic N) is 5. The summed E-state index contributed by atoms with van der Waals surface area (Å²) in [5.74, 6) is 1.26. The van der Waals surface area contributed by atoms with Crippen molar-refractivity contribution >= 4 is 16.7 Å². The predicted molar refractivity (Wildman–Crippen MR) is 100 cm³/mol. The summed E-state index contributed by atoms with van der Waals surface area (Å²) in [4.78, 5) is 17.6. The Morgan fingerprint density at radius 1 is 0.962 bits per heavy atom. The van der Waals surface area contributed by atoms with Gasteiger partial charge in [-0.1, -0.05) is 18.2 Å². The Hall–Kier alpha value is -3.85. The number of anilines is 1. The Morgan fingerprint density at radius 2 is 1.77 bits per heavy atom. The summed E-state index contributed by atoms with van der Waals surface area (Å²) in [7, 11) is 1.83. The van der Waals surface area contributed by atoms with E-state index in [0.29, 0.717) is 17.1 Å². The minimum Gasteiger partial charge on any atom is -0.373 e. The van der Waals surface area contributed by atoms with Crippen LogP contribution < -0.4 is 5.32 Å². The predicted octanol–water partition coefficient (Wildman–Crippen LogP) is 3.67. The molecule has 2 aromatic heterocycles. The first kappa shape index (κ1) is 15.7. The third-order valence-corrected chi connectivity index (χ3v) is 4.07. The van der Waals surface area contributed by atoms with E-state index in [2.05, 4.69) is 31.3 Å². The molecule has 0 atom stereocenters. The Kier molecular flexibility index (Phi) is 3.96. The SMILES string of the molecule is CNc1nc(-c2cnccn2)nc2ccc(-c3ccc(C#N)cc3)cc12. The number of nitrogens with one attached hydrogen (secondary N) is 1. The summed E-state index contributed by atoms with van der Waals surface area (Å²) in [5.41, 5.74) is 4.16. The van der Waals surface area contributed by atoms with Crippen LogP contribution in [0.15, 0.2) is 61.1 Å². The van der Waals surface area contributed by atoms with Crippen LogP contribution in [0.4, 0.5) is 5.82 Å². The highest BCUT2D eigenvalue weighted by molar-refractivity contribution is 5.93. The van der Waals surface area contributed by atoms with Gasteiger partial charge in [0, 0.05) is 24.8 Å². The van der Waals surface area contributed by atoms with Gasteiger partial charge in [0.05, 0.1) is 23.3 Å². The fraction of sp³-hybridized carbons (Fsp3) is 0.0500. The van der Waals surface area contributed by atoms with Crippen LogP contribution in [-0.2, 0) is 0 Å². The number of rotatable bonds is 3. The van der Waals surface area contributed by atoms with Crippen molar-refractivity contribution in [3.63, 3.8) is 0 Å². The van der Waals surface area contributed by atoms with E-state index in [1.165, 1.54) is 0 Å². The van der Waals surface area contributed by atoms with E-state index in [1.807, 2.05) is 49.5 Å². The summed E-state index contributed by atoms with van der Waals surface area (Å²) in [6, 6.07) is 15.7. The van der Waals surface area contributed by atoms with E-state index in [9.17, 15) is 0 Å². The monoisotopic (exact) mass is 338 g/mol. The maximum Gasteiger partial charge on any atom is 0.182 e. The molecule has 0 unspecified atom stereocenters. The molecule has 0 fully saturated rings. The molecule has 0 bridgehead atoms. The van der Waals surface area contributed by atoms with Gasteiger partial charge >= 0.3 is 0 Å². The van der Waals surface area contributed by atoms with Crippen LogP contribution in [0.3, 0.4) is 0 Å². The van der Waals surface area contributed by atoms with Gasteiger partial charge in [0.2, 0.25) is 0 Å². The summed E-state index contributed by atoms with van der Waals surface area (Å²) in [5, 5.41) is 13.0. The molecule has 26 heavy (non-hydrogen) atoms. The lowest BCUT2D eigenvalue weighted by atomic mass is 10.0. The van der Waals surface area contributed by atoms with Crippen LogP contribution in [0.2, 0.25) is 0 Å². The number of fused-ring (bicyclic) bond motifs is 1. The van der Waals surface area contributed by atoms with Gasteiger partial charge in [0.25, 0.3) is 0 Å². The summed E-state index contributed by atoms with van der Waals surface area (Å²) >= 11 is 0. The molecule has 0 amide bonds. The first-order valence-corrected chi connectivity index (χ1v) is 8.05. The zero-order chi connectivity index (χ0) is 17.9. The van der Waals surface area contributed by atoms with E-state index < -0.39 is 0 Å². The van der Waals surface area contributed by atoms with Crippen molar-refractivity contribution in [2.45, 2.75) is 0 Å². The third kappa shape index (κ3) is 2.82. The van der Waals surface area contributed by atoms with E-state index >= 15 is 0 Å². The van der Waals surface area contributed by atoms with Gasteiger partial charge in [0.1, 0.15) is 11.5 Å². The van der Waals surface area contributed by atoms with Gasteiger partial charge in [0.15, 0.2) is 5.82 Å². The van der Waals surface area contributed by atoms with E-state index in [1.54, 1.807) is 18.6 Å². The number of hydrogen-bond donors (Lipinski definition) is 1. The van der Waals surface area contributed by atoms with Crippen molar-refractivity contribution in [3.8, 4) is 28.7 Å². The second-order valence-corrected chi connectivity index (χ2v) is 5.66. The normalized spacial score (nSPS) is 10.5. The maximum absolute atomic E-state index is 8.94. The topological polar surface area (TPSA) is 87.4 Å². The van der Waals surface area contributed by atoms with Crippen LogP contribution >= 0.6 is 0 Å². The van der Waals surface area contributed by atoms with Crippen LogP contribution in [0.1, 0.15) is 5.56 Å². The maximum atomic E-state index is 8.94. The molecule has 0 aliphatic heterocycles. The number of aromatic nitrogens is 4. The highest BCUT2D eigenvalue weighted by atomic mass is 15.0. The molecule has 6 heteroatoms. The lowest BCUT2D eigenvalue weighted by Gasteiger charge is -2.10. The quantitative estimate of drug-likeness (QED) is 0.613. The first-order valence-electron chi connectivity index (χ1n) is 8.05. The van der Waals surface area contributed by atoms with Crippen LogP contribution in [0, 0.1) is 11.3 Å². The highest BCUT2D eigenvalue weighted by Crippen LogP contribution is 2.29. The standard InChI is InChI=1S/C20H14N6/c1-22-19-16-10-15(14-4-2-13(11-21)3-5-14)6-7-17(16)25-20(26-19)18-12-23-8-9-24-18/h2-10,12H,1H3,(H,22,25,26). The lowest BCUT2D eigenvalue weighted by Crippen LogP contribution is -2.00. The van der Waals surface area contributed by atoms with Crippen molar-refractivity contribution in [1.82, 2.24) is 19.9 Å². The minimum absolute atomic E-state index is 0.529. The fourth-order valence-corrected chi connectivity index (χ4v) is 2.76. The molecule has 2 aromatic carbocycles. The van der Waals surface area contributed by atoms with Crippen molar-refractivity contribution in [2.75, 3.05) is 12.4 Å². The smallest absolute Gasteiger partial charge is 0.182 e. The molecule has 0 aliphatic rings. The number of nitriles is 1. The van der Waals surface area contributed by atoms with E-state index in [0.717, 1.165) is 27.8 Å². The first-order chi connectivity index (χ1) is 12.8. The molecule has 0 saturated carbocycles. The largest absolute Gasteiger partial charge is 0.373 e. The van der Waals surface area contributed by atoms with E-state index in [-0.39, 0.29) is 0 Å². The fourth-order valence-electron chi connectivity index (χ4n) is 2.76. The van der Waals surface area contributed by atoms with Gasteiger partial charge in [-0.15, -0.1) is 0 Å². The van der Waals surface area contributed by atoms with Crippen molar-refractivity contribution in [3.05, 3.63) is 66.6 Å². The van der Waals surface area contributed by atoms with Crippen molar-refractivity contribution < 1.29 is 0 Å². The molecule has 2 heterocycles. The Balaban J connectivity index is 1.84. The van der Waals surface area contributed by atoms with Gasteiger partial charge in [-0.3, -0.25) is 4.98 Å². The molecule has 4 aromatic rings. The third-order valence-electron chi connectivity index (χ3n) is 4.07. The molecule has 124 valence electrons. The molecule has 1 N–H and O–H groups in total. The number of benzene rings is 2. The Morgan fingerprint density at radius 3 is 2.46 bits per heavy atom. The van der Waals surface area contributed by atoms with Crippen LogP contribution in [0.5, 0.6) is 0 Å². The molecule has 4 rings (SSSR count). The average molecular weight is 338 g/mol. The van der Waals surface area contributed by atoms with Crippen molar-refractivity contribution in [1.29, 1.82) is 5.26 Å². The molecule has 0 radical (unpaired) electrons. The van der Waals surface area contributed by atoms with Gasteiger partial charge < -0.3 is 5.32 Å². The Labute approximate surface area is 150 Å². The second-order valence-electron chi connectivity index (χ2n) is 5.66. The molecule has 0 spiro atoms. The molecule has 6 nitrogen and oxygen atoms in total. The van der Waals surface area contributed by atoms with Crippen LogP contribution in [-0.4, -0.2) is 27.0 Å². The zero-order valence-electron chi connectivity index (χ0n) is 14.0. The molecule has 0 aliphatic carbocycles. The minimum atomic E-state index is 0.529. The summed E-state index contributed by atoms with van der Waals surface area (Å²) < 4.78 is 0. The zero-order valence-corrected chi connectivity index (χ0v) is 14.0. The lowest BCUT2D eigenvalue weighted by molar-refractivity contribution is 1.13. The summed E-state index contributed by atoms with van der Waals surface area (Å²) in [6.07, 6.45) is 4.88. The number of hydrogen-bond acceptors (Lipinski definition) is 6. The second kappa shape index (κ2) is 6.57.